The Hall–Kier alpha value is -1.28. The Bertz CT molecular complexity index is 486. The zero-order valence-corrected chi connectivity index (χ0v) is 12.3. The van der Waals surface area contributed by atoms with Gasteiger partial charge in [0.25, 0.3) is 0 Å². The minimum Gasteiger partial charge on any atom is -0.489 e. The molecule has 0 aromatic heterocycles. The molecule has 0 heterocycles. The molecule has 2 aromatic carbocycles. The number of ether oxygens (including phenoxy) is 1. The van der Waals surface area contributed by atoms with E-state index < -0.39 is 0 Å². The average Bonchev–Trinajstić information content (AvgIpc) is 2.38. The van der Waals surface area contributed by atoms with Crippen LogP contribution in [0.5, 0.6) is 5.75 Å². The number of hydrogen-bond acceptors (Lipinski definition) is 1. The van der Waals surface area contributed by atoms with Crippen LogP contribution >= 0.6 is 15.9 Å². The average molecular weight is 305 g/mol. The summed E-state index contributed by atoms with van der Waals surface area (Å²) in [6.45, 7) is 5.01. The molecule has 1 nitrogen and oxygen atoms in total. The molecule has 0 aliphatic carbocycles. The fourth-order valence-corrected chi connectivity index (χ4v) is 1.96. The van der Waals surface area contributed by atoms with Gasteiger partial charge in [0.2, 0.25) is 0 Å². The molecule has 0 amide bonds. The smallest absolute Gasteiger partial charge is 0.119 e. The lowest BCUT2D eigenvalue weighted by Gasteiger charge is -2.08. The monoisotopic (exact) mass is 304 g/mol. The van der Waals surface area contributed by atoms with Gasteiger partial charge in [-0.25, -0.2) is 0 Å². The molecule has 0 unspecified atom stereocenters. The third-order valence-electron chi connectivity index (χ3n) is 2.87. The summed E-state index contributed by atoms with van der Waals surface area (Å²) in [7, 11) is 0. The Labute approximate surface area is 117 Å². The van der Waals surface area contributed by atoms with Crippen molar-refractivity contribution in [1.29, 1.82) is 0 Å². The van der Waals surface area contributed by atoms with Gasteiger partial charge in [0.05, 0.1) is 0 Å². The fourth-order valence-electron chi connectivity index (χ4n) is 1.70. The van der Waals surface area contributed by atoms with Crippen molar-refractivity contribution < 1.29 is 4.74 Å². The Balaban J connectivity index is 1.95. The van der Waals surface area contributed by atoms with Gasteiger partial charge in [0.15, 0.2) is 0 Å². The minimum absolute atomic E-state index is 0.575. The van der Waals surface area contributed by atoms with E-state index in [4.69, 9.17) is 4.74 Å². The largest absolute Gasteiger partial charge is 0.489 e. The van der Waals surface area contributed by atoms with Crippen molar-refractivity contribution in [2.75, 3.05) is 0 Å². The van der Waals surface area contributed by atoms with E-state index in [0.717, 1.165) is 10.2 Å². The third-order valence-corrected chi connectivity index (χ3v) is 3.39. The van der Waals surface area contributed by atoms with E-state index >= 15 is 0 Å². The Morgan fingerprint density at radius 1 is 0.944 bits per heavy atom. The molecular weight excluding hydrogens is 288 g/mol. The lowest BCUT2D eigenvalue weighted by Crippen LogP contribution is -1.96. The van der Waals surface area contributed by atoms with E-state index in [9.17, 15) is 0 Å². The second-order valence-corrected chi connectivity index (χ2v) is 5.55. The molecule has 0 N–H and O–H groups in total. The highest BCUT2D eigenvalue weighted by Crippen LogP contribution is 2.18. The number of hydrogen-bond donors (Lipinski definition) is 0. The van der Waals surface area contributed by atoms with Crippen molar-refractivity contribution >= 4 is 15.9 Å². The number of rotatable bonds is 4. The summed E-state index contributed by atoms with van der Waals surface area (Å²) >= 11 is 3.41. The van der Waals surface area contributed by atoms with Crippen molar-refractivity contribution in [3.05, 3.63) is 64.1 Å². The summed E-state index contributed by atoms with van der Waals surface area (Å²) in [6, 6.07) is 16.5. The highest BCUT2D eigenvalue weighted by atomic mass is 79.9. The molecule has 0 saturated heterocycles. The Morgan fingerprint density at radius 3 is 2.11 bits per heavy atom. The quantitative estimate of drug-likeness (QED) is 0.759. The van der Waals surface area contributed by atoms with Crippen LogP contribution in [0.15, 0.2) is 53.0 Å². The van der Waals surface area contributed by atoms with Gasteiger partial charge in [-0.3, -0.25) is 0 Å². The van der Waals surface area contributed by atoms with Crippen LogP contribution in [0.2, 0.25) is 0 Å². The summed E-state index contributed by atoms with van der Waals surface area (Å²) in [4.78, 5) is 0. The summed E-state index contributed by atoms with van der Waals surface area (Å²) in [6.07, 6.45) is 0. The van der Waals surface area contributed by atoms with Crippen LogP contribution in [0, 0.1) is 0 Å². The van der Waals surface area contributed by atoms with Gasteiger partial charge in [0.1, 0.15) is 12.4 Å². The van der Waals surface area contributed by atoms with Gasteiger partial charge in [-0.05, 0) is 41.3 Å². The summed E-state index contributed by atoms with van der Waals surface area (Å²) in [5.41, 5.74) is 2.56. The predicted octanol–water partition coefficient (Wildman–Crippen LogP) is 5.15. The first-order chi connectivity index (χ1) is 8.65. The summed E-state index contributed by atoms with van der Waals surface area (Å²) in [5, 5.41) is 0. The summed E-state index contributed by atoms with van der Waals surface area (Å²) < 4.78 is 6.79. The Kier molecular flexibility index (Phi) is 4.43. The first-order valence-corrected chi connectivity index (χ1v) is 6.91. The van der Waals surface area contributed by atoms with Gasteiger partial charge in [-0.2, -0.15) is 0 Å². The highest BCUT2D eigenvalue weighted by molar-refractivity contribution is 9.10. The second-order valence-electron chi connectivity index (χ2n) is 4.64. The highest BCUT2D eigenvalue weighted by Gasteiger charge is 2.00. The minimum atomic E-state index is 0.575. The molecule has 0 aliphatic heterocycles. The molecule has 94 valence electrons. The SMILES string of the molecule is CC(C)c1ccc(COc2ccc(Br)cc2)cc1. The van der Waals surface area contributed by atoms with Crippen molar-refractivity contribution in [1.82, 2.24) is 0 Å². The molecule has 0 spiro atoms. The van der Waals surface area contributed by atoms with Crippen LogP contribution in [0.25, 0.3) is 0 Å². The van der Waals surface area contributed by atoms with E-state index in [-0.39, 0.29) is 0 Å². The van der Waals surface area contributed by atoms with Crippen LogP contribution in [-0.2, 0) is 6.61 Å². The van der Waals surface area contributed by atoms with Crippen molar-refractivity contribution in [3.8, 4) is 5.75 Å². The van der Waals surface area contributed by atoms with E-state index in [2.05, 4.69) is 54.0 Å². The molecule has 2 rings (SSSR count). The van der Waals surface area contributed by atoms with E-state index in [1.165, 1.54) is 11.1 Å². The zero-order valence-electron chi connectivity index (χ0n) is 10.7. The molecule has 0 fully saturated rings. The molecular formula is C16H17BrO. The number of halogens is 1. The van der Waals surface area contributed by atoms with Gasteiger partial charge < -0.3 is 4.74 Å². The van der Waals surface area contributed by atoms with E-state index in [1.807, 2.05) is 24.3 Å². The molecule has 0 saturated carbocycles. The lowest BCUT2D eigenvalue weighted by molar-refractivity contribution is 0.306. The van der Waals surface area contributed by atoms with Gasteiger partial charge in [-0.1, -0.05) is 54.0 Å². The van der Waals surface area contributed by atoms with Gasteiger partial charge in [-0.15, -0.1) is 0 Å². The first kappa shape index (κ1) is 13.2. The number of benzene rings is 2. The van der Waals surface area contributed by atoms with Crippen LogP contribution in [0.1, 0.15) is 30.9 Å². The topological polar surface area (TPSA) is 9.23 Å². The van der Waals surface area contributed by atoms with Gasteiger partial charge >= 0.3 is 0 Å². The molecule has 2 heteroatoms. The predicted molar refractivity (Wildman–Crippen MR) is 79.0 cm³/mol. The van der Waals surface area contributed by atoms with Crippen molar-refractivity contribution in [3.63, 3.8) is 0 Å². The van der Waals surface area contributed by atoms with Crippen LogP contribution in [-0.4, -0.2) is 0 Å². The maximum absolute atomic E-state index is 5.73. The first-order valence-electron chi connectivity index (χ1n) is 6.12. The van der Waals surface area contributed by atoms with Crippen molar-refractivity contribution in [2.45, 2.75) is 26.4 Å². The normalized spacial score (nSPS) is 10.7. The molecule has 18 heavy (non-hydrogen) atoms. The molecule has 2 aromatic rings. The van der Waals surface area contributed by atoms with E-state index in [1.54, 1.807) is 0 Å². The maximum Gasteiger partial charge on any atom is 0.119 e. The van der Waals surface area contributed by atoms with Crippen LogP contribution in [0.4, 0.5) is 0 Å². The van der Waals surface area contributed by atoms with E-state index in [0.29, 0.717) is 12.5 Å². The second kappa shape index (κ2) is 6.05. The van der Waals surface area contributed by atoms with Crippen LogP contribution < -0.4 is 4.74 Å². The zero-order chi connectivity index (χ0) is 13.0. The standard InChI is InChI=1S/C16H17BrO/c1-12(2)14-5-3-13(4-6-14)11-18-16-9-7-15(17)8-10-16/h3-10,12H,11H2,1-2H3. The molecule has 0 radical (unpaired) electrons. The van der Waals surface area contributed by atoms with Gasteiger partial charge in [0, 0.05) is 4.47 Å². The Morgan fingerprint density at radius 2 is 1.56 bits per heavy atom. The fraction of sp³-hybridized carbons (Fsp3) is 0.250. The molecule has 0 aliphatic rings. The molecule has 0 atom stereocenters. The third kappa shape index (κ3) is 3.61. The lowest BCUT2D eigenvalue weighted by atomic mass is 10.0. The maximum atomic E-state index is 5.73. The van der Waals surface area contributed by atoms with Crippen LogP contribution in [0.3, 0.4) is 0 Å². The summed E-state index contributed by atoms with van der Waals surface area (Å²) in [5.74, 6) is 1.47. The van der Waals surface area contributed by atoms with Crippen molar-refractivity contribution in [2.24, 2.45) is 0 Å². The molecule has 0 bridgehead atoms.